The lowest BCUT2D eigenvalue weighted by Crippen LogP contribution is -2.62. The van der Waals surface area contributed by atoms with Gasteiger partial charge < -0.3 is 24.3 Å². The monoisotopic (exact) mass is 596 g/mol. The second-order valence-corrected chi connectivity index (χ2v) is 12.7. The minimum atomic E-state index is -2.92. The maximum Gasteiger partial charge on any atom is 0.287 e. The third-order valence-electron chi connectivity index (χ3n) is 8.28. The second kappa shape index (κ2) is 11.0. The van der Waals surface area contributed by atoms with Crippen LogP contribution in [-0.4, -0.2) is 64.0 Å². The molecule has 42 heavy (non-hydrogen) atoms. The van der Waals surface area contributed by atoms with Gasteiger partial charge in [-0.3, -0.25) is 9.59 Å². The Labute approximate surface area is 244 Å². The number of nitrogens with zero attached hydrogens (tertiary/aromatic N) is 2. The number of rotatable bonds is 7. The van der Waals surface area contributed by atoms with E-state index in [2.05, 4.69) is 16.7 Å². The molecule has 3 aliphatic rings. The maximum atomic E-state index is 14.0. The van der Waals surface area contributed by atoms with E-state index in [1.165, 1.54) is 0 Å². The van der Waals surface area contributed by atoms with Crippen LogP contribution in [0.1, 0.15) is 49.1 Å². The van der Waals surface area contributed by atoms with Crippen molar-refractivity contribution in [3.8, 4) is 17.2 Å². The summed E-state index contributed by atoms with van der Waals surface area (Å²) in [5.41, 5.74) is -0.441. The minimum Gasteiger partial charge on any atom is -0.593 e. The zero-order valence-corrected chi connectivity index (χ0v) is 23.6. The molecule has 1 saturated heterocycles. The molecular formula is C30H30F2N4O5S. The number of morpholine rings is 1. The summed E-state index contributed by atoms with van der Waals surface area (Å²) < 4.78 is 54.0. The minimum absolute atomic E-state index is 0.0515. The van der Waals surface area contributed by atoms with Crippen molar-refractivity contribution in [1.82, 2.24) is 14.9 Å². The van der Waals surface area contributed by atoms with Gasteiger partial charge in [-0.25, -0.2) is 8.78 Å². The van der Waals surface area contributed by atoms with E-state index in [0.29, 0.717) is 55.0 Å². The Kier molecular flexibility index (Phi) is 7.47. The zero-order valence-electron chi connectivity index (χ0n) is 22.8. The largest absolute Gasteiger partial charge is 0.593 e. The van der Waals surface area contributed by atoms with Crippen molar-refractivity contribution in [2.75, 3.05) is 26.3 Å². The summed E-state index contributed by atoms with van der Waals surface area (Å²) in [6.07, 6.45) is -0.651. The molecule has 3 fully saturated rings. The normalized spacial score (nSPS) is 21.7. The number of ether oxygens (including phenoxy) is 1. The van der Waals surface area contributed by atoms with E-state index in [9.17, 15) is 28.2 Å². The average molecular weight is 597 g/mol. The Balaban J connectivity index is 1.19. The lowest BCUT2D eigenvalue weighted by molar-refractivity contribution is -0.133. The molecule has 1 aliphatic heterocycles. The number of halogens is 2. The van der Waals surface area contributed by atoms with Crippen LogP contribution in [0.15, 0.2) is 57.8 Å². The van der Waals surface area contributed by atoms with E-state index in [1.54, 1.807) is 18.2 Å². The predicted molar refractivity (Wildman–Crippen MR) is 150 cm³/mol. The zero-order chi connectivity index (χ0) is 29.5. The summed E-state index contributed by atoms with van der Waals surface area (Å²) in [5, 5.41) is 15.4. The molecule has 0 radical (unpaired) electrons. The number of nitrogens with one attached hydrogen (secondary N) is 2. The van der Waals surface area contributed by atoms with Crippen LogP contribution in [0.2, 0.25) is 0 Å². The molecule has 0 bridgehead atoms. The highest BCUT2D eigenvalue weighted by atomic mass is 32.2. The molecule has 3 aromatic rings. The van der Waals surface area contributed by atoms with Gasteiger partial charge >= 0.3 is 0 Å². The van der Waals surface area contributed by atoms with Crippen molar-refractivity contribution in [3.05, 3.63) is 54.3 Å². The third-order valence-corrected chi connectivity index (χ3v) is 9.79. The fourth-order valence-electron chi connectivity index (χ4n) is 5.40. The van der Waals surface area contributed by atoms with Crippen LogP contribution in [0, 0.1) is 11.3 Å². The van der Waals surface area contributed by atoms with Gasteiger partial charge in [0.15, 0.2) is 10.7 Å². The number of benzene rings is 2. The summed E-state index contributed by atoms with van der Waals surface area (Å²) in [6.45, 7) is 2.33. The number of carbonyl (C=O) groups excluding carboxylic acids is 2. The Hall–Kier alpha value is -3.50. The number of furan rings is 1. The number of alkyl halides is 2. The summed E-state index contributed by atoms with van der Waals surface area (Å²) >= 11 is -1.27. The van der Waals surface area contributed by atoms with E-state index >= 15 is 0 Å². The molecular weight excluding hydrogens is 566 g/mol. The molecule has 9 nitrogen and oxygen atoms in total. The summed E-state index contributed by atoms with van der Waals surface area (Å²) in [6, 6.07) is 16.5. The third kappa shape index (κ3) is 5.74. The fourth-order valence-corrected chi connectivity index (χ4v) is 6.55. The highest BCUT2D eigenvalue weighted by Gasteiger charge is 2.53. The SMILES string of the molecule is N#CC1(NC(=O)C2(NC(=O)c3cc4ccc(-c5ccc([S+]([O-])N6CCOCC6)cc5)cc4o3)CCC(F)(F)CC2)CC1. The van der Waals surface area contributed by atoms with Crippen LogP contribution in [0.5, 0.6) is 0 Å². The quantitative estimate of drug-likeness (QED) is 0.389. The van der Waals surface area contributed by atoms with Gasteiger partial charge in [-0.15, -0.1) is 4.31 Å². The molecule has 2 amide bonds. The van der Waals surface area contributed by atoms with Crippen LogP contribution in [0.3, 0.4) is 0 Å². The van der Waals surface area contributed by atoms with Crippen LogP contribution >= 0.6 is 0 Å². The lowest BCUT2D eigenvalue weighted by Gasteiger charge is -2.39. The molecule has 2 saturated carbocycles. The first-order chi connectivity index (χ1) is 20.1. The molecule has 12 heteroatoms. The van der Waals surface area contributed by atoms with Crippen molar-refractivity contribution < 1.29 is 32.1 Å². The number of amides is 2. The van der Waals surface area contributed by atoms with Gasteiger partial charge in [-0.1, -0.05) is 12.1 Å². The molecule has 220 valence electrons. The summed E-state index contributed by atoms with van der Waals surface area (Å²) in [4.78, 5) is 27.3. The molecule has 2 heterocycles. The lowest BCUT2D eigenvalue weighted by atomic mass is 9.78. The average Bonchev–Trinajstić information content (AvgIpc) is 3.65. The number of nitriles is 1. The van der Waals surface area contributed by atoms with Gasteiger partial charge in [0.25, 0.3) is 5.91 Å². The van der Waals surface area contributed by atoms with Crippen LogP contribution in [0.25, 0.3) is 22.1 Å². The second-order valence-electron chi connectivity index (χ2n) is 11.2. The smallest absolute Gasteiger partial charge is 0.287 e. The van der Waals surface area contributed by atoms with Crippen molar-refractivity contribution in [2.45, 2.75) is 60.4 Å². The molecule has 1 atom stereocenters. The molecule has 2 aromatic carbocycles. The first-order valence-corrected chi connectivity index (χ1v) is 15.0. The van der Waals surface area contributed by atoms with Crippen molar-refractivity contribution in [1.29, 1.82) is 5.26 Å². The Bertz CT molecular complexity index is 1530. The van der Waals surface area contributed by atoms with Crippen molar-refractivity contribution >= 4 is 34.1 Å². The Morgan fingerprint density at radius 1 is 0.929 bits per heavy atom. The number of carbonyl (C=O) groups is 2. The van der Waals surface area contributed by atoms with E-state index in [4.69, 9.17) is 9.15 Å². The molecule has 2 N–H and O–H groups in total. The first kappa shape index (κ1) is 28.6. The van der Waals surface area contributed by atoms with Crippen LogP contribution in [0.4, 0.5) is 8.78 Å². The van der Waals surface area contributed by atoms with E-state index in [-0.39, 0.29) is 18.6 Å². The summed E-state index contributed by atoms with van der Waals surface area (Å²) in [5.74, 6) is -4.29. The van der Waals surface area contributed by atoms with E-state index in [0.717, 1.165) is 11.1 Å². The van der Waals surface area contributed by atoms with Gasteiger partial charge in [0.1, 0.15) is 16.7 Å². The number of hydrogen-bond acceptors (Lipinski definition) is 7. The fraction of sp³-hybridized carbons (Fsp3) is 0.433. The number of hydrogen-bond donors (Lipinski definition) is 2. The van der Waals surface area contributed by atoms with Gasteiger partial charge in [0.05, 0.1) is 43.7 Å². The maximum absolute atomic E-state index is 14.0. The molecule has 1 aromatic heterocycles. The van der Waals surface area contributed by atoms with Gasteiger partial charge in [0.2, 0.25) is 11.8 Å². The first-order valence-electron chi connectivity index (χ1n) is 13.9. The molecule has 6 rings (SSSR count). The van der Waals surface area contributed by atoms with Gasteiger partial charge in [-0.2, -0.15) is 5.26 Å². The topological polar surface area (TPSA) is 131 Å². The predicted octanol–water partition coefficient (Wildman–Crippen LogP) is 4.30. The Morgan fingerprint density at radius 3 is 2.24 bits per heavy atom. The standard InChI is InChI=1S/C30H30F2N4O5S/c31-30(32)11-9-29(10-12-30,27(38)35-28(19-33)7-8-28)34-26(37)25-18-22-2-1-21(17-24(22)41-25)20-3-5-23(6-4-20)42(39)36-13-15-40-16-14-36/h1-6,17-18H,7-16H2,(H,34,37)(H,35,38). The highest BCUT2D eigenvalue weighted by molar-refractivity contribution is 7.89. The molecule has 1 unspecified atom stereocenters. The molecule has 0 spiro atoms. The Morgan fingerprint density at radius 2 is 1.60 bits per heavy atom. The van der Waals surface area contributed by atoms with Crippen molar-refractivity contribution in [2.24, 2.45) is 0 Å². The van der Waals surface area contributed by atoms with Crippen molar-refractivity contribution in [3.63, 3.8) is 0 Å². The van der Waals surface area contributed by atoms with Gasteiger partial charge in [0, 0.05) is 18.2 Å². The van der Waals surface area contributed by atoms with E-state index in [1.807, 2.05) is 34.6 Å². The number of fused-ring (bicyclic) bond motifs is 1. The van der Waals surface area contributed by atoms with Crippen LogP contribution < -0.4 is 10.6 Å². The van der Waals surface area contributed by atoms with E-state index < -0.39 is 53.0 Å². The van der Waals surface area contributed by atoms with Gasteiger partial charge in [-0.05, 0) is 73.2 Å². The van der Waals surface area contributed by atoms with Crippen LogP contribution in [-0.2, 0) is 20.9 Å². The highest BCUT2D eigenvalue weighted by Crippen LogP contribution is 2.41. The summed E-state index contributed by atoms with van der Waals surface area (Å²) in [7, 11) is 0. The molecule has 2 aliphatic carbocycles.